The third kappa shape index (κ3) is 19.0. The van der Waals surface area contributed by atoms with Gasteiger partial charge in [-0.05, 0) is 19.3 Å². The van der Waals surface area contributed by atoms with E-state index in [1.54, 1.807) is 0 Å². The third-order valence-corrected chi connectivity index (χ3v) is 7.73. The fourth-order valence-corrected chi connectivity index (χ4v) is 5.47. The van der Waals surface area contributed by atoms with E-state index in [0.29, 0.717) is 24.9 Å². The molecular formula is C26H51BrNO7P. The number of alkyl carbamates (subject to hydrolysis) is 1. The molecule has 0 saturated carbocycles. The number of unbranched alkanes of at least 4 members (excludes halogenated alkanes) is 14. The number of carbonyl (C=O) groups excluding carboxylic acids is 1. The van der Waals surface area contributed by atoms with Crippen LogP contribution in [0, 0.1) is 0 Å². The van der Waals surface area contributed by atoms with E-state index in [1.807, 2.05) is 0 Å². The van der Waals surface area contributed by atoms with E-state index < -0.39 is 26.1 Å². The van der Waals surface area contributed by atoms with Crippen molar-refractivity contribution in [2.24, 2.45) is 0 Å². The number of phosphoric ester groups is 1. The molecule has 0 bridgehead atoms. The zero-order chi connectivity index (χ0) is 26.3. The van der Waals surface area contributed by atoms with Gasteiger partial charge >= 0.3 is 13.9 Å². The summed E-state index contributed by atoms with van der Waals surface area (Å²) in [5.74, 6) is 0. The van der Waals surface area contributed by atoms with Crippen molar-refractivity contribution in [1.82, 2.24) is 5.32 Å². The molecule has 0 aromatic carbocycles. The van der Waals surface area contributed by atoms with Gasteiger partial charge in [0.05, 0.1) is 13.2 Å². The molecule has 3 atom stereocenters. The first-order valence-electron chi connectivity index (χ1n) is 14.2. The van der Waals surface area contributed by atoms with Gasteiger partial charge in [0.15, 0.2) is 0 Å². The number of hydrogen-bond donors (Lipinski definition) is 2. The number of nitrogens with one attached hydrogen (secondary N) is 1. The maximum Gasteiger partial charge on any atom is 0.472 e. The number of phosphoric acid groups is 1. The zero-order valence-electron chi connectivity index (χ0n) is 22.4. The minimum Gasteiger partial charge on any atom is -0.443 e. The maximum atomic E-state index is 12.2. The number of halogens is 1. The molecule has 1 fully saturated rings. The van der Waals surface area contributed by atoms with Crippen LogP contribution < -0.4 is 5.32 Å². The average molecular weight is 601 g/mol. The van der Waals surface area contributed by atoms with Crippen LogP contribution in [0.4, 0.5) is 4.79 Å². The van der Waals surface area contributed by atoms with Crippen molar-refractivity contribution in [2.75, 3.05) is 31.7 Å². The van der Waals surface area contributed by atoms with E-state index in [-0.39, 0.29) is 13.2 Å². The smallest absolute Gasteiger partial charge is 0.443 e. The quantitative estimate of drug-likeness (QED) is 0.0705. The summed E-state index contributed by atoms with van der Waals surface area (Å²) in [7, 11) is -4.15. The van der Waals surface area contributed by atoms with Crippen LogP contribution in [0.25, 0.3) is 0 Å². The lowest BCUT2D eigenvalue weighted by Gasteiger charge is -2.31. The first kappa shape index (κ1) is 33.8. The second-order valence-corrected chi connectivity index (χ2v) is 11.9. The highest BCUT2D eigenvalue weighted by atomic mass is 79.9. The summed E-state index contributed by atoms with van der Waals surface area (Å²) >= 11 is 3.12. The highest BCUT2D eigenvalue weighted by molar-refractivity contribution is 9.09. The first-order chi connectivity index (χ1) is 17.5. The van der Waals surface area contributed by atoms with Crippen LogP contribution in [0.3, 0.4) is 0 Å². The maximum absolute atomic E-state index is 12.2. The molecule has 1 aliphatic rings. The minimum atomic E-state index is -4.15. The molecule has 1 heterocycles. The fraction of sp³-hybridized carbons (Fsp3) is 0.962. The standard InChI is InChI=1S/C26H51BrNO7P/c1-2-3-4-5-6-7-8-9-10-11-12-13-14-15-16-20-28-26(29)35-24-18-17-21-32-25(24)23-34-36(30,31)33-22-19-27/h24-25H,2-23H2,1H3,(H,28,29)(H,30,31)/t24-,25+/m1/s1. The summed E-state index contributed by atoms with van der Waals surface area (Å²) in [6, 6.07) is 0. The van der Waals surface area contributed by atoms with Crippen LogP contribution in [0.1, 0.15) is 116 Å². The molecule has 36 heavy (non-hydrogen) atoms. The molecule has 1 amide bonds. The lowest BCUT2D eigenvalue weighted by atomic mass is 10.0. The van der Waals surface area contributed by atoms with Gasteiger partial charge < -0.3 is 19.7 Å². The molecule has 10 heteroatoms. The molecule has 0 aromatic heterocycles. The number of rotatable bonds is 23. The van der Waals surface area contributed by atoms with Crippen molar-refractivity contribution in [2.45, 2.75) is 128 Å². The van der Waals surface area contributed by atoms with Gasteiger partial charge in [0, 0.05) is 18.5 Å². The molecule has 1 unspecified atom stereocenters. The number of ether oxygens (including phenoxy) is 2. The molecule has 214 valence electrons. The zero-order valence-corrected chi connectivity index (χ0v) is 24.9. The predicted octanol–water partition coefficient (Wildman–Crippen LogP) is 7.66. The Morgan fingerprint density at radius 1 is 0.944 bits per heavy atom. The molecular weight excluding hydrogens is 549 g/mol. The largest absolute Gasteiger partial charge is 0.472 e. The summed E-state index contributed by atoms with van der Waals surface area (Å²) in [6.07, 6.45) is 19.4. The van der Waals surface area contributed by atoms with Gasteiger partial charge in [0.25, 0.3) is 0 Å². The van der Waals surface area contributed by atoms with Gasteiger partial charge in [-0.2, -0.15) is 0 Å². The van der Waals surface area contributed by atoms with Crippen LogP contribution in [0.5, 0.6) is 0 Å². The van der Waals surface area contributed by atoms with Crippen LogP contribution in [-0.2, 0) is 23.1 Å². The molecule has 0 radical (unpaired) electrons. The summed E-state index contributed by atoms with van der Waals surface area (Å²) in [4.78, 5) is 21.9. The third-order valence-electron chi connectivity index (χ3n) is 6.42. The lowest BCUT2D eigenvalue weighted by Crippen LogP contribution is -2.42. The monoisotopic (exact) mass is 599 g/mol. The highest BCUT2D eigenvalue weighted by Crippen LogP contribution is 2.43. The molecule has 1 aliphatic heterocycles. The van der Waals surface area contributed by atoms with E-state index >= 15 is 0 Å². The Kier molecular flexibility index (Phi) is 21.4. The van der Waals surface area contributed by atoms with E-state index in [2.05, 4.69) is 28.2 Å². The van der Waals surface area contributed by atoms with Gasteiger partial charge in [0.2, 0.25) is 0 Å². The van der Waals surface area contributed by atoms with Gasteiger partial charge in [-0.3, -0.25) is 9.05 Å². The van der Waals surface area contributed by atoms with Crippen molar-refractivity contribution in [3.05, 3.63) is 0 Å². The first-order valence-corrected chi connectivity index (χ1v) is 16.8. The topological polar surface area (TPSA) is 103 Å². The number of alkyl halides is 1. The Hall–Kier alpha value is -0.180. The Morgan fingerprint density at radius 3 is 2.06 bits per heavy atom. The Bertz CT molecular complexity index is 584. The molecule has 2 N–H and O–H groups in total. The SMILES string of the molecule is CCCCCCCCCCCCCCCCCNC(=O)O[C@@H]1CCCO[C@H]1COP(=O)(O)OCCBr. The Labute approximate surface area is 227 Å². The number of amides is 1. The second-order valence-electron chi connectivity index (χ2n) is 9.66. The van der Waals surface area contributed by atoms with Crippen molar-refractivity contribution in [1.29, 1.82) is 0 Å². The molecule has 1 saturated heterocycles. The molecule has 1 rings (SSSR count). The van der Waals surface area contributed by atoms with Crippen molar-refractivity contribution in [3.8, 4) is 0 Å². The summed E-state index contributed by atoms with van der Waals surface area (Å²) in [5.41, 5.74) is 0. The predicted molar refractivity (Wildman–Crippen MR) is 148 cm³/mol. The average Bonchev–Trinajstić information content (AvgIpc) is 2.87. The van der Waals surface area contributed by atoms with Gasteiger partial charge in [-0.1, -0.05) is 113 Å². The fourth-order valence-electron chi connectivity index (χ4n) is 4.32. The highest BCUT2D eigenvalue weighted by Gasteiger charge is 2.32. The van der Waals surface area contributed by atoms with E-state index in [9.17, 15) is 14.3 Å². The van der Waals surface area contributed by atoms with Gasteiger partial charge in [-0.25, -0.2) is 9.36 Å². The van der Waals surface area contributed by atoms with Crippen molar-refractivity contribution < 1.29 is 32.8 Å². The summed E-state index contributed by atoms with van der Waals surface area (Å²) in [6.45, 7) is 3.22. The van der Waals surface area contributed by atoms with Crippen molar-refractivity contribution >= 4 is 29.8 Å². The van der Waals surface area contributed by atoms with Crippen LogP contribution in [-0.4, -0.2) is 54.9 Å². The van der Waals surface area contributed by atoms with Crippen LogP contribution >= 0.6 is 23.8 Å². The Balaban J connectivity index is 2.00. The van der Waals surface area contributed by atoms with E-state index in [4.69, 9.17) is 18.5 Å². The number of carbonyl (C=O) groups is 1. The Morgan fingerprint density at radius 2 is 1.50 bits per heavy atom. The number of hydrogen-bond acceptors (Lipinski definition) is 6. The van der Waals surface area contributed by atoms with Crippen LogP contribution in [0.15, 0.2) is 0 Å². The molecule has 0 aromatic rings. The van der Waals surface area contributed by atoms with E-state index in [0.717, 1.165) is 19.3 Å². The summed E-state index contributed by atoms with van der Waals surface area (Å²) < 4.78 is 32.7. The molecule has 0 spiro atoms. The van der Waals surface area contributed by atoms with Crippen molar-refractivity contribution in [3.63, 3.8) is 0 Å². The second kappa shape index (κ2) is 22.8. The van der Waals surface area contributed by atoms with Gasteiger partial charge in [-0.15, -0.1) is 0 Å². The normalized spacial score (nSPS) is 19.6. The summed E-state index contributed by atoms with van der Waals surface area (Å²) in [5, 5.41) is 3.23. The lowest BCUT2D eigenvalue weighted by molar-refractivity contribution is -0.0965. The van der Waals surface area contributed by atoms with Gasteiger partial charge in [0.1, 0.15) is 12.2 Å². The van der Waals surface area contributed by atoms with Crippen LogP contribution in [0.2, 0.25) is 0 Å². The van der Waals surface area contributed by atoms with E-state index in [1.165, 1.54) is 83.5 Å². The molecule has 0 aliphatic carbocycles. The minimum absolute atomic E-state index is 0.0565. The molecule has 8 nitrogen and oxygen atoms in total.